The Morgan fingerprint density at radius 2 is 2.06 bits per heavy atom. The predicted octanol–water partition coefficient (Wildman–Crippen LogP) is 0.657. The van der Waals surface area contributed by atoms with Crippen molar-refractivity contribution in [1.29, 1.82) is 0 Å². The van der Waals surface area contributed by atoms with Crippen molar-refractivity contribution in [3.8, 4) is 0 Å². The number of hydrogen-bond acceptors (Lipinski definition) is 4. The summed E-state index contributed by atoms with van der Waals surface area (Å²) >= 11 is 0. The molecule has 102 valence electrons. The van der Waals surface area contributed by atoms with E-state index in [-0.39, 0.29) is 0 Å². The number of nitrogens with zero attached hydrogens (tertiary/aromatic N) is 3. The molecule has 2 rings (SSSR count). The molecule has 1 aliphatic heterocycles. The molecule has 1 saturated heterocycles. The van der Waals surface area contributed by atoms with Crippen LogP contribution in [0.1, 0.15) is 24.1 Å². The van der Waals surface area contributed by atoms with E-state index >= 15 is 0 Å². The number of rotatable bonds is 4. The Morgan fingerprint density at radius 1 is 1.39 bits per heavy atom. The van der Waals surface area contributed by atoms with Gasteiger partial charge in [-0.2, -0.15) is 5.10 Å². The molecule has 5 nitrogen and oxygen atoms in total. The zero-order valence-corrected chi connectivity index (χ0v) is 11.6. The number of aryl methyl sites for hydroxylation is 2. The molecule has 0 saturated carbocycles. The third-order valence-electron chi connectivity index (χ3n) is 3.84. The van der Waals surface area contributed by atoms with Crippen LogP contribution in [0.2, 0.25) is 0 Å². The van der Waals surface area contributed by atoms with E-state index in [0.717, 1.165) is 38.2 Å². The highest BCUT2D eigenvalue weighted by Gasteiger charge is 2.24. The summed E-state index contributed by atoms with van der Waals surface area (Å²) in [6.07, 6.45) is 2.14. The van der Waals surface area contributed by atoms with Crippen molar-refractivity contribution in [1.82, 2.24) is 15.1 Å². The third kappa shape index (κ3) is 2.52. The molecule has 0 unspecified atom stereocenters. The molecule has 0 amide bonds. The summed E-state index contributed by atoms with van der Waals surface area (Å²) < 4.78 is 1.99. The van der Waals surface area contributed by atoms with Gasteiger partial charge in [-0.1, -0.05) is 0 Å². The van der Waals surface area contributed by atoms with E-state index < -0.39 is 0 Å². The Hall–Kier alpha value is -1.07. The van der Waals surface area contributed by atoms with E-state index in [0.29, 0.717) is 12.5 Å². The molecule has 1 fully saturated rings. The van der Waals surface area contributed by atoms with Crippen LogP contribution in [0.25, 0.3) is 0 Å². The second-order valence-corrected chi connectivity index (χ2v) is 5.15. The maximum atomic E-state index is 9.20. The van der Waals surface area contributed by atoms with Gasteiger partial charge < -0.3 is 15.3 Å². The minimum atomic E-state index is 0.321. The number of hydrogen-bond donors (Lipinski definition) is 2. The molecular weight excluding hydrogens is 228 g/mol. The topological polar surface area (TPSA) is 53.3 Å². The van der Waals surface area contributed by atoms with Gasteiger partial charge in [-0.3, -0.25) is 4.68 Å². The first-order chi connectivity index (χ1) is 8.67. The normalized spacial score (nSPS) is 17.4. The maximum Gasteiger partial charge on any atom is 0.131 e. The van der Waals surface area contributed by atoms with Crippen LogP contribution in [-0.4, -0.2) is 41.6 Å². The van der Waals surface area contributed by atoms with Gasteiger partial charge in [-0.05, 0) is 32.7 Å². The highest BCUT2D eigenvalue weighted by Crippen LogP contribution is 2.27. The average molecular weight is 252 g/mol. The maximum absolute atomic E-state index is 9.20. The quantitative estimate of drug-likeness (QED) is 0.826. The van der Waals surface area contributed by atoms with Gasteiger partial charge in [0, 0.05) is 38.9 Å². The summed E-state index contributed by atoms with van der Waals surface area (Å²) in [6, 6.07) is 0. The molecular formula is C13H24N4O. The first-order valence-electron chi connectivity index (χ1n) is 6.70. The summed E-state index contributed by atoms with van der Waals surface area (Å²) in [6.45, 7) is 5.27. The number of aliphatic hydroxyl groups excluding tert-OH is 1. The van der Waals surface area contributed by atoms with E-state index in [1.807, 2.05) is 18.8 Å². The zero-order chi connectivity index (χ0) is 13.1. The van der Waals surface area contributed by atoms with Crippen LogP contribution in [-0.2, 0) is 13.6 Å². The SMILES string of the molecule is CNCc1c(C)nn(C)c1N1CCC(CO)CC1. The molecule has 0 radical (unpaired) electrons. The number of aliphatic hydroxyl groups is 1. The molecule has 0 aliphatic carbocycles. The van der Waals surface area contributed by atoms with Gasteiger partial charge >= 0.3 is 0 Å². The fourth-order valence-electron chi connectivity index (χ4n) is 2.80. The van der Waals surface area contributed by atoms with Crippen molar-refractivity contribution in [2.75, 3.05) is 31.6 Å². The largest absolute Gasteiger partial charge is 0.396 e. The molecule has 1 aliphatic rings. The second kappa shape index (κ2) is 5.71. The van der Waals surface area contributed by atoms with Gasteiger partial charge in [0.15, 0.2) is 0 Å². The Morgan fingerprint density at radius 3 is 2.61 bits per heavy atom. The van der Waals surface area contributed by atoms with Crippen LogP contribution in [0, 0.1) is 12.8 Å². The minimum Gasteiger partial charge on any atom is -0.396 e. The van der Waals surface area contributed by atoms with Crippen LogP contribution in [0.3, 0.4) is 0 Å². The van der Waals surface area contributed by atoms with Crippen LogP contribution in [0.15, 0.2) is 0 Å². The van der Waals surface area contributed by atoms with Crippen LogP contribution < -0.4 is 10.2 Å². The molecule has 2 N–H and O–H groups in total. The molecule has 5 heteroatoms. The smallest absolute Gasteiger partial charge is 0.131 e. The van der Waals surface area contributed by atoms with Gasteiger partial charge in [0.05, 0.1) is 5.69 Å². The predicted molar refractivity (Wildman–Crippen MR) is 72.7 cm³/mol. The highest BCUT2D eigenvalue weighted by atomic mass is 16.3. The van der Waals surface area contributed by atoms with Crippen LogP contribution >= 0.6 is 0 Å². The van der Waals surface area contributed by atoms with E-state index in [9.17, 15) is 5.11 Å². The fourth-order valence-corrected chi connectivity index (χ4v) is 2.80. The lowest BCUT2D eigenvalue weighted by Crippen LogP contribution is -2.36. The molecule has 2 heterocycles. The summed E-state index contributed by atoms with van der Waals surface area (Å²) in [5.41, 5.74) is 2.40. The molecule has 1 aromatic heterocycles. The third-order valence-corrected chi connectivity index (χ3v) is 3.84. The average Bonchev–Trinajstić information content (AvgIpc) is 2.65. The van der Waals surface area contributed by atoms with Crippen molar-refractivity contribution >= 4 is 5.82 Å². The fraction of sp³-hybridized carbons (Fsp3) is 0.769. The van der Waals surface area contributed by atoms with E-state index in [1.165, 1.54) is 11.4 Å². The van der Waals surface area contributed by atoms with Crippen molar-refractivity contribution in [3.63, 3.8) is 0 Å². The van der Waals surface area contributed by atoms with E-state index in [1.54, 1.807) is 0 Å². The summed E-state index contributed by atoms with van der Waals surface area (Å²) in [7, 11) is 3.98. The molecule has 0 bridgehead atoms. The Labute approximate surface area is 109 Å². The van der Waals surface area contributed by atoms with E-state index in [4.69, 9.17) is 0 Å². The molecule has 0 atom stereocenters. The molecule has 18 heavy (non-hydrogen) atoms. The van der Waals surface area contributed by atoms with E-state index in [2.05, 4.69) is 22.2 Å². The molecule has 0 spiro atoms. The van der Waals surface area contributed by atoms with Crippen molar-refractivity contribution < 1.29 is 5.11 Å². The van der Waals surface area contributed by atoms with Gasteiger partial charge in [0.25, 0.3) is 0 Å². The van der Waals surface area contributed by atoms with Gasteiger partial charge in [-0.25, -0.2) is 0 Å². The first-order valence-corrected chi connectivity index (χ1v) is 6.70. The Balaban J connectivity index is 2.17. The minimum absolute atomic E-state index is 0.321. The summed E-state index contributed by atoms with van der Waals surface area (Å²) in [5.74, 6) is 1.71. The first kappa shape index (κ1) is 13.4. The zero-order valence-electron chi connectivity index (χ0n) is 11.6. The lowest BCUT2D eigenvalue weighted by atomic mass is 9.97. The second-order valence-electron chi connectivity index (χ2n) is 5.15. The van der Waals surface area contributed by atoms with Gasteiger partial charge in [0.2, 0.25) is 0 Å². The summed E-state index contributed by atoms with van der Waals surface area (Å²) in [5, 5.41) is 16.9. The Kier molecular flexibility index (Phi) is 4.24. The standard InChI is InChI=1S/C13H24N4O/c1-10-12(8-14-2)13(16(3)15-10)17-6-4-11(9-18)5-7-17/h11,14,18H,4-9H2,1-3H3. The van der Waals surface area contributed by atoms with Crippen LogP contribution in [0.4, 0.5) is 5.82 Å². The lowest BCUT2D eigenvalue weighted by molar-refractivity contribution is 0.202. The number of aromatic nitrogens is 2. The summed E-state index contributed by atoms with van der Waals surface area (Å²) in [4.78, 5) is 2.40. The number of anilines is 1. The van der Waals surface area contributed by atoms with Crippen molar-refractivity contribution in [2.45, 2.75) is 26.3 Å². The van der Waals surface area contributed by atoms with Gasteiger partial charge in [0.1, 0.15) is 5.82 Å². The van der Waals surface area contributed by atoms with Crippen LogP contribution in [0.5, 0.6) is 0 Å². The molecule has 0 aromatic carbocycles. The monoisotopic (exact) mass is 252 g/mol. The lowest BCUT2D eigenvalue weighted by Gasteiger charge is -2.33. The molecule has 1 aromatic rings. The van der Waals surface area contributed by atoms with Gasteiger partial charge in [-0.15, -0.1) is 0 Å². The number of nitrogens with one attached hydrogen (secondary N) is 1. The Bertz CT molecular complexity index is 394. The highest BCUT2D eigenvalue weighted by molar-refractivity contribution is 5.50. The van der Waals surface area contributed by atoms with Crippen molar-refractivity contribution in [2.24, 2.45) is 13.0 Å². The van der Waals surface area contributed by atoms with Crippen molar-refractivity contribution in [3.05, 3.63) is 11.3 Å². The number of piperidine rings is 1.